The van der Waals surface area contributed by atoms with Crippen molar-refractivity contribution in [3.63, 3.8) is 0 Å². The van der Waals surface area contributed by atoms with Crippen LogP contribution >= 0.6 is 35.7 Å². The quantitative estimate of drug-likeness (QED) is 0.491. The molecule has 2 rings (SSSR count). The summed E-state index contributed by atoms with van der Waals surface area (Å²) in [4.78, 5) is 8.56. The third kappa shape index (κ3) is 3.08. The third-order valence-electron chi connectivity index (χ3n) is 2.02. The molecule has 0 spiro atoms. The highest BCUT2D eigenvalue weighted by molar-refractivity contribution is 14.0. The average molecular weight is 345 g/mol. The Hall–Kier alpha value is -0.820. The molecule has 84 valence electrons. The number of para-hydroxylation sites is 1. The zero-order valence-corrected chi connectivity index (χ0v) is 11.9. The number of aliphatic imine (C=N–C) groups is 1. The molecule has 0 radical (unpaired) electrons. The number of hydrogen-bond acceptors (Lipinski definition) is 3. The van der Waals surface area contributed by atoms with E-state index in [9.17, 15) is 0 Å². The molecule has 1 aromatic heterocycles. The second-order valence-electron chi connectivity index (χ2n) is 3.02. The second kappa shape index (κ2) is 6.05. The molecule has 0 unspecified atom stereocenters. The van der Waals surface area contributed by atoms with Gasteiger partial charge in [-0.15, -0.1) is 24.0 Å². The first-order chi connectivity index (χ1) is 7.29. The Kier molecular flexibility index (Phi) is 5.01. The highest BCUT2D eigenvalue weighted by Crippen LogP contribution is 2.17. The number of nitrogens with zero attached hydrogens (tertiary/aromatic N) is 2. The number of nitrogens with two attached hydrogens (primary N) is 1. The highest BCUT2D eigenvalue weighted by atomic mass is 127. The van der Waals surface area contributed by atoms with Crippen LogP contribution in [-0.4, -0.2) is 16.4 Å². The fraction of sp³-hybridized carbons (Fsp3) is 0.0909. The van der Waals surface area contributed by atoms with Crippen LogP contribution in [0, 0.1) is 0 Å². The molecule has 1 heterocycles. The Balaban J connectivity index is 0.00000128. The Morgan fingerprint density at radius 1 is 1.25 bits per heavy atom. The minimum absolute atomic E-state index is 0. The Labute approximate surface area is 116 Å². The number of hydrogen-bond donors (Lipinski definition) is 1. The van der Waals surface area contributed by atoms with E-state index >= 15 is 0 Å². The average Bonchev–Trinajstić information content (AvgIpc) is 2.29. The third-order valence-corrected chi connectivity index (χ3v) is 2.53. The van der Waals surface area contributed by atoms with Gasteiger partial charge in [-0.1, -0.05) is 30.0 Å². The number of aromatic nitrogens is 1. The number of rotatable bonds is 1. The molecule has 2 aromatic rings. The molecule has 0 fully saturated rings. The van der Waals surface area contributed by atoms with E-state index in [1.807, 2.05) is 42.7 Å². The number of pyridine rings is 1. The molecular formula is C11H12IN3S. The van der Waals surface area contributed by atoms with Crippen LogP contribution in [0.1, 0.15) is 0 Å². The lowest BCUT2D eigenvalue weighted by molar-refractivity contribution is 1.33. The van der Waals surface area contributed by atoms with Gasteiger partial charge in [-0.2, -0.15) is 0 Å². The SMILES string of the molecule is CSC(N)=Nc1ccc2ccccc2n1.I. The first kappa shape index (κ1) is 13.2. The molecule has 0 aliphatic carbocycles. The smallest absolute Gasteiger partial charge is 0.160 e. The lowest BCUT2D eigenvalue weighted by atomic mass is 10.2. The normalized spacial score (nSPS) is 11.2. The maximum Gasteiger partial charge on any atom is 0.160 e. The van der Waals surface area contributed by atoms with Gasteiger partial charge in [0.2, 0.25) is 0 Å². The fourth-order valence-electron chi connectivity index (χ4n) is 1.28. The van der Waals surface area contributed by atoms with E-state index in [2.05, 4.69) is 9.98 Å². The summed E-state index contributed by atoms with van der Waals surface area (Å²) in [6.07, 6.45) is 1.89. The molecule has 0 bridgehead atoms. The van der Waals surface area contributed by atoms with Crippen LogP contribution in [0.5, 0.6) is 0 Å². The molecule has 0 amide bonds. The predicted octanol–water partition coefficient (Wildman–Crippen LogP) is 3.16. The van der Waals surface area contributed by atoms with Crippen molar-refractivity contribution in [1.29, 1.82) is 0 Å². The van der Waals surface area contributed by atoms with Crippen LogP contribution in [0.15, 0.2) is 41.4 Å². The number of amidine groups is 1. The summed E-state index contributed by atoms with van der Waals surface area (Å²) in [7, 11) is 0. The first-order valence-corrected chi connectivity index (χ1v) is 5.76. The number of thioether (sulfide) groups is 1. The van der Waals surface area contributed by atoms with E-state index in [-0.39, 0.29) is 24.0 Å². The molecule has 5 heteroatoms. The van der Waals surface area contributed by atoms with E-state index in [1.54, 1.807) is 0 Å². The van der Waals surface area contributed by atoms with Gasteiger partial charge >= 0.3 is 0 Å². The lowest BCUT2D eigenvalue weighted by Gasteiger charge is -1.99. The van der Waals surface area contributed by atoms with Crippen LogP contribution in [0.2, 0.25) is 0 Å². The minimum atomic E-state index is 0. The Morgan fingerprint density at radius 3 is 2.75 bits per heavy atom. The van der Waals surface area contributed by atoms with E-state index in [0.717, 1.165) is 10.9 Å². The summed E-state index contributed by atoms with van der Waals surface area (Å²) >= 11 is 1.41. The van der Waals surface area contributed by atoms with Gasteiger partial charge in [0.05, 0.1) is 5.52 Å². The van der Waals surface area contributed by atoms with Gasteiger partial charge in [0, 0.05) is 5.39 Å². The zero-order valence-electron chi connectivity index (χ0n) is 8.75. The van der Waals surface area contributed by atoms with Gasteiger partial charge in [0.25, 0.3) is 0 Å². The fourth-order valence-corrected chi connectivity index (χ4v) is 1.46. The van der Waals surface area contributed by atoms with Crippen molar-refractivity contribution in [3.05, 3.63) is 36.4 Å². The Bertz CT molecular complexity index is 513. The molecular weight excluding hydrogens is 333 g/mol. The van der Waals surface area contributed by atoms with Crippen molar-refractivity contribution in [2.24, 2.45) is 10.7 Å². The van der Waals surface area contributed by atoms with Crippen LogP contribution < -0.4 is 5.73 Å². The van der Waals surface area contributed by atoms with Crippen LogP contribution in [0.4, 0.5) is 5.82 Å². The van der Waals surface area contributed by atoms with Crippen molar-refractivity contribution in [3.8, 4) is 0 Å². The minimum Gasteiger partial charge on any atom is -0.378 e. The summed E-state index contributed by atoms with van der Waals surface area (Å²) in [6.45, 7) is 0. The Morgan fingerprint density at radius 2 is 2.00 bits per heavy atom. The molecule has 0 aliphatic heterocycles. The monoisotopic (exact) mass is 345 g/mol. The van der Waals surface area contributed by atoms with Crippen LogP contribution in [0.25, 0.3) is 10.9 Å². The van der Waals surface area contributed by atoms with E-state index < -0.39 is 0 Å². The first-order valence-electron chi connectivity index (χ1n) is 4.53. The summed E-state index contributed by atoms with van der Waals surface area (Å²) in [5.74, 6) is 0.653. The highest BCUT2D eigenvalue weighted by Gasteiger charge is 1.96. The molecule has 0 atom stereocenters. The van der Waals surface area contributed by atoms with Gasteiger partial charge < -0.3 is 5.73 Å². The number of halogens is 1. The van der Waals surface area contributed by atoms with Gasteiger partial charge in [-0.25, -0.2) is 9.98 Å². The zero-order chi connectivity index (χ0) is 10.7. The van der Waals surface area contributed by atoms with E-state index in [4.69, 9.17) is 5.73 Å². The summed E-state index contributed by atoms with van der Waals surface area (Å²) in [6, 6.07) is 11.8. The van der Waals surface area contributed by atoms with Gasteiger partial charge in [0.1, 0.15) is 0 Å². The van der Waals surface area contributed by atoms with Crippen LogP contribution in [0.3, 0.4) is 0 Å². The van der Waals surface area contributed by atoms with E-state index in [0.29, 0.717) is 11.0 Å². The molecule has 1 aromatic carbocycles. The molecule has 0 saturated carbocycles. The van der Waals surface area contributed by atoms with Gasteiger partial charge in [0.15, 0.2) is 11.0 Å². The number of fused-ring (bicyclic) bond motifs is 1. The van der Waals surface area contributed by atoms with E-state index in [1.165, 1.54) is 11.8 Å². The number of benzene rings is 1. The topological polar surface area (TPSA) is 51.3 Å². The molecule has 0 saturated heterocycles. The van der Waals surface area contributed by atoms with Crippen molar-refractivity contribution >= 4 is 57.6 Å². The maximum atomic E-state index is 5.62. The van der Waals surface area contributed by atoms with Crippen molar-refractivity contribution in [1.82, 2.24) is 4.98 Å². The van der Waals surface area contributed by atoms with Gasteiger partial charge in [-0.05, 0) is 24.5 Å². The maximum absolute atomic E-state index is 5.62. The van der Waals surface area contributed by atoms with Crippen molar-refractivity contribution in [2.45, 2.75) is 0 Å². The van der Waals surface area contributed by atoms with Crippen molar-refractivity contribution in [2.75, 3.05) is 6.26 Å². The van der Waals surface area contributed by atoms with Crippen LogP contribution in [-0.2, 0) is 0 Å². The predicted molar refractivity (Wildman–Crippen MR) is 82.0 cm³/mol. The van der Waals surface area contributed by atoms with Crippen molar-refractivity contribution < 1.29 is 0 Å². The molecule has 3 nitrogen and oxygen atoms in total. The summed E-state index contributed by atoms with van der Waals surface area (Å²) < 4.78 is 0. The second-order valence-corrected chi connectivity index (χ2v) is 3.84. The molecule has 0 aliphatic rings. The largest absolute Gasteiger partial charge is 0.378 e. The standard InChI is InChI=1S/C11H11N3S.HI/c1-15-11(12)14-10-7-6-8-4-2-3-5-9(8)13-10;/h2-7H,1H3,(H2,12,13,14);1H. The summed E-state index contributed by atoms with van der Waals surface area (Å²) in [5, 5.41) is 1.64. The summed E-state index contributed by atoms with van der Waals surface area (Å²) in [5.41, 5.74) is 6.56. The molecule has 16 heavy (non-hydrogen) atoms. The molecule has 2 N–H and O–H groups in total. The lowest BCUT2D eigenvalue weighted by Crippen LogP contribution is -2.04. The van der Waals surface area contributed by atoms with Gasteiger partial charge in [-0.3, -0.25) is 0 Å².